The summed E-state index contributed by atoms with van der Waals surface area (Å²) in [6, 6.07) is 15.0. The number of carbonyl (C=O) groups is 1. The molecule has 2 aromatic carbocycles. The summed E-state index contributed by atoms with van der Waals surface area (Å²) < 4.78 is 12.1. The molecule has 0 saturated heterocycles. The number of nitrogens with one attached hydrogen (secondary N) is 1. The van der Waals surface area contributed by atoms with E-state index in [0.29, 0.717) is 35.0 Å². The zero-order chi connectivity index (χ0) is 19.4. The van der Waals surface area contributed by atoms with Gasteiger partial charge in [0.1, 0.15) is 16.7 Å². The van der Waals surface area contributed by atoms with Crippen molar-refractivity contribution < 1.29 is 14.3 Å². The number of nitrogens with zero attached hydrogens (tertiary/aromatic N) is 2. The molecule has 3 rings (SSSR count). The lowest BCUT2D eigenvalue weighted by Gasteiger charge is -2.11. The van der Waals surface area contributed by atoms with Crippen molar-refractivity contribution in [2.24, 2.45) is 0 Å². The Labute approximate surface area is 162 Å². The number of hydrogen-bond donors (Lipinski definition) is 1. The van der Waals surface area contributed by atoms with Crippen LogP contribution < -0.4 is 14.8 Å². The van der Waals surface area contributed by atoms with Crippen molar-refractivity contribution in [2.45, 2.75) is 13.5 Å². The summed E-state index contributed by atoms with van der Waals surface area (Å²) in [5.74, 6) is 0.770. The maximum Gasteiger partial charge on any atom is 0.260 e. The molecule has 0 radical (unpaired) electrons. The molecule has 1 amide bonds. The fraction of sp³-hybridized carbons (Fsp3) is 0.200. The molecular formula is C20H20ClN3O3. The normalized spacial score (nSPS) is 10.5. The first-order chi connectivity index (χ1) is 13.0. The van der Waals surface area contributed by atoms with Gasteiger partial charge in [0.2, 0.25) is 0 Å². The van der Waals surface area contributed by atoms with E-state index in [0.717, 1.165) is 5.56 Å². The molecule has 0 fully saturated rings. The molecule has 0 spiro atoms. The van der Waals surface area contributed by atoms with Gasteiger partial charge in [-0.15, -0.1) is 0 Å². The van der Waals surface area contributed by atoms with Crippen molar-refractivity contribution in [3.05, 3.63) is 70.5 Å². The van der Waals surface area contributed by atoms with Crippen LogP contribution in [0.15, 0.2) is 48.5 Å². The third-order valence-corrected chi connectivity index (χ3v) is 4.51. The molecule has 7 heteroatoms. The molecule has 1 aromatic heterocycles. The van der Waals surface area contributed by atoms with Gasteiger partial charge < -0.3 is 14.8 Å². The molecule has 0 bridgehead atoms. The second-order valence-electron chi connectivity index (χ2n) is 5.91. The number of hydrogen-bond acceptors (Lipinski definition) is 4. The Bertz CT molecular complexity index is 955. The van der Waals surface area contributed by atoms with Crippen LogP contribution in [-0.4, -0.2) is 29.9 Å². The van der Waals surface area contributed by atoms with Gasteiger partial charge in [-0.2, -0.15) is 5.10 Å². The zero-order valence-electron chi connectivity index (χ0n) is 15.3. The lowest BCUT2D eigenvalue weighted by atomic mass is 10.2. The molecule has 140 valence electrons. The van der Waals surface area contributed by atoms with Crippen LogP contribution in [0.3, 0.4) is 0 Å². The molecule has 6 nitrogen and oxygen atoms in total. The van der Waals surface area contributed by atoms with Gasteiger partial charge >= 0.3 is 0 Å². The summed E-state index contributed by atoms with van der Waals surface area (Å²) in [6.45, 7) is 2.24. The van der Waals surface area contributed by atoms with Crippen molar-refractivity contribution in [3.8, 4) is 11.5 Å². The quantitative estimate of drug-likeness (QED) is 0.691. The first-order valence-electron chi connectivity index (χ1n) is 8.33. The minimum absolute atomic E-state index is 0.288. The molecule has 0 aliphatic carbocycles. The van der Waals surface area contributed by atoms with E-state index in [9.17, 15) is 4.79 Å². The van der Waals surface area contributed by atoms with E-state index >= 15 is 0 Å². The smallest absolute Gasteiger partial charge is 0.260 e. The Morgan fingerprint density at radius 2 is 1.89 bits per heavy atom. The fourth-order valence-electron chi connectivity index (χ4n) is 2.77. The highest BCUT2D eigenvalue weighted by Gasteiger charge is 2.21. The zero-order valence-corrected chi connectivity index (χ0v) is 16.1. The minimum Gasteiger partial charge on any atom is -0.497 e. The molecule has 0 unspecified atom stereocenters. The molecule has 1 N–H and O–H groups in total. The fourth-order valence-corrected chi connectivity index (χ4v) is 3.09. The van der Waals surface area contributed by atoms with Crippen LogP contribution in [0.5, 0.6) is 11.5 Å². The van der Waals surface area contributed by atoms with Crippen LogP contribution >= 0.6 is 11.6 Å². The standard InChI is InChI=1S/C20H20ClN3O3/c1-13-18(19(21)24(23-13)12-14-7-5-4-6-8-14)20(25)22-16-11-15(26-2)9-10-17(16)27-3/h4-11H,12H2,1-3H3,(H,22,25). The van der Waals surface area contributed by atoms with Crippen molar-refractivity contribution in [1.29, 1.82) is 0 Å². The van der Waals surface area contributed by atoms with E-state index in [1.165, 1.54) is 7.11 Å². The minimum atomic E-state index is -0.358. The molecule has 0 aliphatic heterocycles. The van der Waals surface area contributed by atoms with Crippen LogP contribution in [0.1, 0.15) is 21.6 Å². The number of aryl methyl sites for hydroxylation is 1. The van der Waals surface area contributed by atoms with E-state index in [2.05, 4.69) is 10.4 Å². The number of aromatic nitrogens is 2. The predicted octanol–water partition coefficient (Wildman–Crippen LogP) is 4.16. The molecule has 1 heterocycles. The lowest BCUT2D eigenvalue weighted by molar-refractivity contribution is 0.102. The Kier molecular flexibility index (Phi) is 5.66. The highest BCUT2D eigenvalue weighted by atomic mass is 35.5. The van der Waals surface area contributed by atoms with Crippen molar-refractivity contribution >= 4 is 23.2 Å². The number of rotatable bonds is 6. The van der Waals surface area contributed by atoms with Crippen LogP contribution in [0, 0.1) is 6.92 Å². The van der Waals surface area contributed by atoms with Crippen molar-refractivity contribution in [3.63, 3.8) is 0 Å². The van der Waals surface area contributed by atoms with E-state index in [1.807, 2.05) is 30.3 Å². The van der Waals surface area contributed by atoms with Crippen LogP contribution in [-0.2, 0) is 6.54 Å². The third kappa shape index (κ3) is 4.06. The van der Waals surface area contributed by atoms with E-state index in [1.54, 1.807) is 36.9 Å². The first-order valence-corrected chi connectivity index (χ1v) is 8.71. The molecule has 0 saturated carbocycles. The lowest BCUT2D eigenvalue weighted by Crippen LogP contribution is -2.14. The topological polar surface area (TPSA) is 65.4 Å². The molecule has 0 aliphatic rings. The van der Waals surface area contributed by atoms with Gasteiger partial charge in [0.15, 0.2) is 0 Å². The second-order valence-corrected chi connectivity index (χ2v) is 6.27. The number of halogens is 1. The summed E-state index contributed by atoms with van der Waals surface area (Å²) >= 11 is 6.46. The first kappa shape index (κ1) is 18.8. The van der Waals surface area contributed by atoms with Crippen LogP contribution in [0.25, 0.3) is 0 Å². The largest absolute Gasteiger partial charge is 0.497 e. The van der Waals surface area contributed by atoms with Crippen molar-refractivity contribution in [1.82, 2.24) is 9.78 Å². The Balaban J connectivity index is 1.87. The molecule has 3 aromatic rings. The number of benzene rings is 2. The van der Waals surface area contributed by atoms with Crippen molar-refractivity contribution in [2.75, 3.05) is 19.5 Å². The van der Waals surface area contributed by atoms with Gasteiger partial charge in [-0.25, -0.2) is 4.68 Å². The number of ether oxygens (including phenoxy) is 2. The monoisotopic (exact) mass is 385 g/mol. The van der Waals surface area contributed by atoms with Gasteiger partial charge in [0.05, 0.1) is 37.7 Å². The summed E-state index contributed by atoms with van der Waals surface area (Å²) in [5.41, 5.74) is 2.42. The predicted molar refractivity (Wildman–Crippen MR) is 105 cm³/mol. The van der Waals surface area contributed by atoms with Gasteiger partial charge in [-0.05, 0) is 24.6 Å². The Hall–Kier alpha value is -2.99. The summed E-state index contributed by atoms with van der Waals surface area (Å²) in [7, 11) is 3.09. The van der Waals surface area contributed by atoms with E-state index < -0.39 is 0 Å². The second kappa shape index (κ2) is 8.14. The number of carbonyl (C=O) groups excluding carboxylic acids is 1. The maximum absolute atomic E-state index is 12.8. The van der Waals surface area contributed by atoms with Gasteiger partial charge in [0.25, 0.3) is 5.91 Å². The number of amides is 1. The Morgan fingerprint density at radius 3 is 2.56 bits per heavy atom. The van der Waals surface area contributed by atoms with E-state index in [4.69, 9.17) is 21.1 Å². The van der Waals surface area contributed by atoms with Crippen LogP contribution in [0.2, 0.25) is 5.15 Å². The molecule has 27 heavy (non-hydrogen) atoms. The van der Waals surface area contributed by atoms with E-state index in [-0.39, 0.29) is 11.1 Å². The van der Waals surface area contributed by atoms with Gasteiger partial charge in [0, 0.05) is 6.07 Å². The third-order valence-electron chi connectivity index (χ3n) is 4.12. The highest BCUT2D eigenvalue weighted by Crippen LogP contribution is 2.30. The average molecular weight is 386 g/mol. The SMILES string of the molecule is COc1ccc(OC)c(NC(=O)c2c(C)nn(Cc3ccccc3)c2Cl)c1. The number of methoxy groups -OCH3 is 2. The van der Waals surface area contributed by atoms with Gasteiger partial charge in [-0.1, -0.05) is 41.9 Å². The number of anilines is 1. The summed E-state index contributed by atoms with van der Waals surface area (Å²) in [6.07, 6.45) is 0. The maximum atomic E-state index is 12.8. The van der Waals surface area contributed by atoms with Gasteiger partial charge in [-0.3, -0.25) is 4.79 Å². The molecule has 0 atom stereocenters. The van der Waals surface area contributed by atoms with Crippen LogP contribution in [0.4, 0.5) is 5.69 Å². The summed E-state index contributed by atoms with van der Waals surface area (Å²) in [5, 5.41) is 7.53. The highest BCUT2D eigenvalue weighted by molar-refractivity contribution is 6.33. The average Bonchev–Trinajstić information content (AvgIpc) is 2.95. The summed E-state index contributed by atoms with van der Waals surface area (Å²) in [4.78, 5) is 12.8. The molecular weight excluding hydrogens is 366 g/mol. The Morgan fingerprint density at radius 1 is 1.15 bits per heavy atom.